The van der Waals surface area contributed by atoms with E-state index in [1.165, 1.54) is 6.07 Å². The standard InChI is InChI=1S/C12H17N3O6S/c1-12(2,3)21-11(17)15-14-10(16)8-5-4-7(13)6-9(8)22(18,19)20/h4-6H,13H2,1-3H3,(H,14,16)(H,15,17)(H,18,19,20). The van der Waals surface area contributed by atoms with Gasteiger partial charge in [-0.3, -0.25) is 14.8 Å². The SMILES string of the molecule is CC(C)(C)OC(=O)NNC(=O)c1ccc(N)cc1S(=O)(=O)O. The van der Waals surface area contributed by atoms with E-state index in [0.717, 1.165) is 12.1 Å². The fourth-order valence-electron chi connectivity index (χ4n) is 1.42. The molecule has 5 N–H and O–H groups in total. The molecule has 0 bridgehead atoms. The van der Waals surface area contributed by atoms with Gasteiger partial charge in [-0.1, -0.05) is 0 Å². The molecule has 0 heterocycles. The van der Waals surface area contributed by atoms with Gasteiger partial charge in [0.25, 0.3) is 16.0 Å². The van der Waals surface area contributed by atoms with Gasteiger partial charge in [-0.05, 0) is 39.0 Å². The number of amides is 2. The van der Waals surface area contributed by atoms with Crippen LogP contribution in [0, 0.1) is 0 Å². The molecule has 0 spiro atoms. The highest BCUT2D eigenvalue weighted by Gasteiger charge is 2.22. The van der Waals surface area contributed by atoms with Gasteiger partial charge in [0.15, 0.2) is 0 Å². The number of hydrogen-bond acceptors (Lipinski definition) is 6. The number of carbonyl (C=O) groups excluding carboxylic acids is 2. The fourth-order valence-corrected chi connectivity index (χ4v) is 2.14. The Morgan fingerprint density at radius 2 is 1.82 bits per heavy atom. The minimum absolute atomic E-state index is 0.0456. The molecule has 9 nitrogen and oxygen atoms in total. The summed E-state index contributed by atoms with van der Waals surface area (Å²) in [6.45, 7) is 4.89. The van der Waals surface area contributed by atoms with Crippen molar-refractivity contribution in [1.29, 1.82) is 0 Å². The predicted molar refractivity (Wildman–Crippen MR) is 77.5 cm³/mol. The van der Waals surface area contributed by atoms with Crippen molar-refractivity contribution < 1.29 is 27.3 Å². The smallest absolute Gasteiger partial charge is 0.426 e. The van der Waals surface area contributed by atoms with Crippen LogP contribution in [0.4, 0.5) is 10.5 Å². The minimum atomic E-state index is -4.65. The molecule has 22 heavy (non-hydrogen) atoms. The largest absolute Gasteiger partial charge is 0.443 e. The molecule has 0 aliphatic carbocycles. The third kappa shape index (κ3) is 5.22. The van der Waals surface area contributed by atoms with Gasteiger partial charge in [-0.25, -0.2) is 10.2 Å². The lowest BCUT2D eigenvalue weighted by molar-refractivity contribution is 0.0483. The summed E-state index contributed by atoms with van der Waals surface area (Å²) in [4.78, 5) is 22.6. The molecule has 122 valence electrons. The highest BCUT2D eigenvalue weighted by molar-refractivity contribution is 7.86. The van der Waals surface area contributed by atoms with Crippen LogP contribution in [-0.2, 0) is 14.9 Å². The van der Waals surface area contributed by atoms with E-state index in [-0.39, 0.29) is 11.3 Å². The third-order valence-corrected chi connectivity index (χ3v) is 3.10. The lowest BCUT2D eigenvalue weighted by Gasteiger charge is -2.19. The van der Waals surface area contributed by atoms with E-state index in [0.29, 0.717) is 0 Å². The van der Waals surface area contributed by atoms with E-state index in [1.54, 1.807) is 20.8 Å². The Balaban J connectivity index is 2.90. The molecule has 0 saturated heterocycles. The molecule has 1 aromatic carbocycles. The van der Waals surface area contributed by atoms with Crippen LogP contribution < -0.4 is 16.6 Å². The zero-order valence-electron chi connectivity index (χ0n) is 12.2. The predicted octanol–water partition coefficient (Wildman–Crippen LogP) is 0.685. The molecule has 0 atom stereocenters. The van der Waals surface area contributed by atoms with Crippen molar-refractivity contribution in [3.63, 3.8) is 0 Å². The number of nitrogens with two attached hydrogens (primary N) is 1. The van der Waals surface area contributed by atoms with E-state index in [1.807, 2.05) is 10.9 Å². The van der Waals surface area contributed by atoms with Gasteiger partial charge < -0.3 is 10.5 Å². The van der Waals surface area contributed by atoms with Gasteiger partial charge in [0.1, 0.15) is 10.5 Å². The zero-order valence-corrected chi connectivity index (χ0v) is 13.0. The first-order valence-electron chi connectivity index (χ1n) is 6.06. The molecule has 10 heteroatoms. The van der Waals surface area contributed by atoms with Gasteiger partial charge in [0.05, 0.1) is 5.56 Å². The number of benzene rings is 1. The normalized spacial score (nSPS) is 11.6. The second kappa shape index (κ2) is 6.20. The maximum atomic E-state index is 11.9. The fraction of sp³-hybridized carbons (Fsp3) is 0.333. The lowest BCUT2D eigenvalue weighted by Crippen LogP contribution is -2.44. The molecule has 0 fully saturated rings. The monoisotopic (exact) mass is 331 g/mol. The second-order valence-corrected chi connectivity index (χ2v) is 6.70. The van der Waals surface area contributed by atoms with Crippen molar-refractivity contribution in [3.8, 4) is 0 Å². The summed E-state index contributed by atoms with van der Waals surface area (Å²) in [5, 5.41) is 0. The van der Waals surface area contributed by atoms with Crippen molar-refractivity contribution in [3.05, 3.63) is 23.8 Å². The van der Waals surface area contributed by atoms with E-state index >= 15 is 0 Å². The maximum Gasteiger partial charge on any atom is 0.426 e. The first-order valence-corrected chi connectivity index (χ1v) is 7.50. The molecule has 2 amide bonds. The van der Waals surface area contributed by atoms with Crippen molar-refractivity contribution in [2.45, 2.75) is 31.3 Å². The highest BCUT2D eigenvalue weighted by Crippen LogP contribution is 2.18. The van der Waals surface area contributed by atoms with Gasteiger partial charge in [-0.15, -0.1) is 0 Å². The summed E-state index contributed by atoms with van der Waals surface area (Å²) in [5.41, 5.74) is 8.25. The second-order valence-electron chi connectivity index (χ2n) is 5.31. The van der Waals surface area contributed by atoms with Gasteiger partial charge >= 0.3 is 6.09 Å². The Labute approximate surface area is 127 Å². The number of ether oxygens (including phenoxy) is 1. The Morgan fingerprint density at radius 1 is 1.23 bits per heavy atom. The van der Waals surface area contributed by atoms with Crippen LogP contribution in [0.5, 0.6) is 0 Å². The van der Waals surface area contributed by atoms with Crippen LogP contribution in [-0.4, -0.2) is 30.6 Å². The van der Waals surface area contributed by atoms with Crippen LogP contribution in [0.3, 0.4) is 0 Å². The van der Waals surface area contributed by atoms with Crippen molar-refractivity contribution in [2.24, 2.45) is 0 Å². The molecule has 0 radical (unpaired) electrons. The van der Waals surface area contributed by atoms with E-state index in [2.05, 4.69) is 0 Å². The average Bonchev–Trinajstić information content (AvgIpc) is 2.32. The molecular weight excluding hydrogens is 314 g/mol. The molecule has 0 aromatic heterocycles. The topological polar surface area (TPSA) is 148 Å². The Morgan fingerprint density at radius 3 is 2.32 bits per heavy atom. The first kappa shape index (κ1) is 17.7. The van der Waals surface area contributed by atoms with Crippen LogP contribution in [0.1, 0.15) is 31.1 Å². The summed E-state index contributed by atoms with van der Waals surface area (Å²) in [5.74, 6) is -0.960. The first-order chi connectivity index (χ1) is 9.90. The van der Waals surface area contributed by atoms with E-state index in [9.17, 15) is 18.0 Å². The van der Waals surface area contributed by atoms with Crippen molar-refractivity contribution in [1.82, 2.24) is 10.9 Å². The van der Waals surface area contributed by atoms with Gasteiger partial charge in [-0.2, -0.15) is 8.42 Å². The number of hydrogen-bond donors (Lipinski definition) is 4. The number of hydrazine groups is 1. The summed E-state index contributed by atoms with van der Waals surface area (Å²) in [7, 11) is -4.65. The van der Waals surface area contributed by atoms with Crippen LogP contribution >= 0.6 is 0 Å². The number of nitrogens with one attached hydrogen (secondary N) is 2. The number of nitrogen functional groups attached to an aromatic ring is 1. The molecule has 0 saturated carbocycles. The molecule has 1 rings (SSSR count). The third-order valence-electron chi connectivity index (χ3n) is 2.21. The number of carbonyl (C=O) groups is 2. The molecule has 1 aromatic rings. The van der Waals surface area contributed by atoms with E-state index in [4.69, 9.17) is 15.0 Å². The quantitative estimate of drug-likeness (QED) is 0.354. The molecular formula is C12H17N3O6S. The average molecular weight is 331 g/mol. The van der Waals surface area contributed by atoms with Crippen LogP contribution in [0.2, 0.25) is 0 Å². The molecule has 0 unspecified atom stereocenters. The van der Waals surface area contributed by atoms with E-state index < -0.39 is 32.6 Å². The van der Waals surface area contributed by atoms with Gasteiger partial charge in [0, 0.05) is 5.69 Å². The van der Waals surface area contributed by atoms with Crippen molar-refractivity contribution in [2.75, 3.05) is 5.73 Å². The maximum absolute atomic E-state index is 11.9. The minimum Gasteiger partial charge on any atom is -0.443 e. The van der Waals surface area contributed by atoms with Crippen LogP contribution in [0.15, 0.2) is 23.1 Å². The summed E-state index contributed by atoms with van der Waals surface area (Å²) < 4.78 is 36.5. The Kier molecular flexibility index (Phi) is 4.99. The summed E-state index contributed by atoms with van der Waals surface area (Å²) in [6, 6.07) is 3.30. The Bertz CT molecular complexity index is 693. The van der Waals surface area contributed by atoms with Crippen molar-refractivity contribution >= 4 is 27.8 Å². The molecule has 0 aliphatic heterocycles. The summed E-state index contributed by atoms with van der Waals surface area (Å²) >= 11 is 0. The highest BCUT2D eigenvalue weighted by atomic mass is 32.2. The summed E-state index contributed by atoms with van der Waals surface area (Å²) in [6.07, 6.45) is -0.926. The molecule has 0 aliphatic rings. The van der Waals surface area contributed by atoms with Gasteiger partial charge in [0.2, 0.25) is 0 Å². The number of rotatable bonds is 2. The lowest BCUT2D eigenvalue weighted by atomic mass is 10.2. The number of anilines is 1. The van der Waals surface area contributed by atoms with Crippen LogP contribution in [0.25, 0.3) is 0 Å². The Hall–Kier alpha value is -2.33. The zero-order chi connectivity index (χ0) is 17.1.